The van der Waals surface area contributed by atoms with Gasteiger partial charge in [-0.2, -0.15) is 4.98 Å². The molecule has 1 unspecified atom stereocenters. The third kappa shape index (κ3) is 3.04. The van der Waals surface area contributed by atoms with E-state index in [0.717, 1.165) is 24.6 Å². The predicted octanol–water partition coefficient (Wildman–Crippen LogP) is 2.11. The van der Waals surface area contributed by atoms with Crippen molar-refractivity contribution in [1.82, 2.24) is 10.1 Å². The lowest BCUT2D eigenvalue weighted by Gasteiger charge is -2.14. The summed E-state index contributed by atoms with van der Waals surface area (Å²) in [6.07, 6.45) is 4.38. The number of nitrogens with two attached hydrogens (primary N) is 1. The lowest BCUT2D eigenvalue weighted by molar-refractivity contribution is 0.329. The van der Waals surface area contributed by atoms with E-state index in [1.165, 1.54) is 12.8 Å². The number of hydrogen-bond acceptors (Lipinski definition) is 4. The van der Waals surface area contributed by atoms with Gasteiger partial charge in [-0.25, -0.2) is 0 Å². The topological polar surface area (TPSA) is 64.9 Å². The van der Waals surface area contributed by atoms with Crippen LogP contribution < -0.4 is 5.73 Å². The molecule has 0 spiro atoms. The Morgan fingerprint density at radius 2 is 2.19 bits per heavy atom. The smallest absolute Gasteiger partial charge is 0.226 e. The van der Waals surface area contributed by atoms with Gasteiger partial charge in [0.05, 0.1) is 0 Å². The second-order valence-corrected chi connectivity index (χ2v) is 5.26. The molecular formula is C12H21N3O. The third-order valence-corrected chi connectivity index (χ3v) is 3.03. The second-order valence-electron chi connectivity index (χ2n) is 5.26. The van der Waals surface area contributed by atoms with Crippen LogP contribution in [0.2, 0.25) is 0 Å². The van der Waals surface area contributed by atoms with Crippen molar-refractivity contribution in [2.45, 2.75) is 45.4 Å². The van der Waals surface area contributed by atoms with Crippen LogP contribution in [0.25, 0.3) is 0 Å². The molecule has 4 heteroatoms. The van der Waals surface area contributed by atoms with Gasteiger partial charge in [0.25, 0.3) is 0 Å². The molecule has 1 fully saturated rings. The maximum absolute atomic E-state index is 5.76. The van der Waals surface area contributed by atoms with Crippen molar-refractivity contribution in [1.29, 1.82) is 0 Å². The summed E-state index contributed by atoms with van der Waals surface area (Å²) in [5, 5.41) is 4.02. The summed E-state index contributed by atoms with van der Waals surface area (Å²) < 4.78 is 5.26. The van der Waals surface area contributed by atoms with Crippen LogP contribution in [0.15, 0.2) is 4.52 Å². The molecule has 90 valence electrons. The van der Waals surface area contributed by atoms with Gasteiger partial charge in [-0.05, 0) is 37.6 Å². The summed E-state index contributed by atoms with van der Waals surface area (Å²) in [4.78, 5) is 4.43. The molecule has 4 nitrogen and oxygen atoms in total. The summed E-state index contributed by atoms with van der Waals surface area (Å²) in [5.74, 6) is 3.36. The highest BCUT2D eigenvalue weighted by Crippen LogP contribution is 2.38. The van der Waals surface area contributed by atoms with Gasteiger partial charge in [0, 0.05) is 12.3 Å². The Morgan fingerprint density at radius 1 is 1.44 bits per heavy atom. The van der Waals surface area contributed by atoms with E-state index in [4.69, 9.17) is 10.3 Å². The molecule has 1 aliphatic rings. The quantitative estimate of drug-likeness (QED) is 0.802. The maximum atomic E-state index is 5.76. The fourth-order valence-electron chi connectivity index (χ4n) is 2.03. The van der Waals surface area contributed by atoms with E-state index in [1.807, 2.05) is 0 Å². The van der Waals surface area contributed by atoms with Gasteiger partial charge >= 0.3 is 0 Å². The van der Waals surface area contributed by atoms with Gasteiger partial charge in [-0.3, -0.25) is 0 Å². The van der Waals surface area contributed by atoms with Gasteiger partial charge in [-0.1, -0.05) is 19.0 Å². The molecule has 0 radical (unpaired) electrons. The molecule has 1 atom stereocenters. The molecule has 2 rings (SSSR count). The molecule has 0 aliphatic heterocycles. The van der Waals surface area contributed by atoms with E-state index < -0.39 is 0 Å². The fourth-order valence-corrected chi connectivity index (χ4v) is 2.03. The van der Waals surface area contributed by atoms with Crippen LogP contribution in [0.3, 0.4) is 0 Å². The highest BCUT2D eigenvalue weighted by molar-refractivity contribution is 5.03. The van der Waals surface area contributed by atoms with E-state index in [2.05, 4.69) is 24.0 Å². The predicted molar refractivity (Wildman–Crippen MR) is 62.0 cm³/mol. The standard InChI is InChI=1S/C12H21N3O/c1-8(2)5-9(7-13)6-11-14-12(15-16-11)10-3-4-10/h8-10H,3-7,13H2,1-2H3. The van der Waals surface area contributed by atoms with Crippen LogP contribution in [0.1, 0.15) is 50.7 Å². The van der Waals surface area contributed by atoms with Crippen LogP contribution in [0.4, 0.5) is 0 Å². The largest absolute Gasteiger partial charge is 0.339 e. The van der Waals surface area contributed by atoms with Gasteiger partial charge in [0.1, 0.15) is 0 Å². The lowest BCUT2D eigenvalue weighted by atomic mass is 9.94. The minimum absolute atomic E-state index is 0.465. The molecule has 2 N–H and O–H groups in total. The Labute approximate surface area is 96.6 Å². The van der Waals surface area contributed by atoms with Crippen LogP contribution in [0.5, 0.6) is 0 Å². The Kier molecular flexibility index (Phi) is 3.59. The Balaban J connectivity index is 1.90. The van der Waals surface area contributed by atoms with Gasteiger partial charge in [0.15, 0.2) is 5.82 Å². The van der Waals surface area contributed by atoms with E-state index in [0.29, 0.717) is 24.3 Å². The Morgan fingerprint density at radius 3 is 2.75 bits per heavy atom. The van der Waals surface area contributed by atoms with Crippen molar-refractivity contribution in [3.05, 3.63) is 11.7 Å². The molecule has 0 amide bonds. The van der Waals surface area contributed by atoms with E-state index in [1.54, 1.807) is 0 Å². The average Bonchev–Trinajstić information content (AvgIpc) is 2.98. The zero-order chi connectivity index (χ0) is 11.5. The molecule has 1 aromatic rings. The first kappa shape index (κ1) is 11.6. The second kappa shape index (κ2) is 4.95. The fraction of sp³-hybridized carbons (Fsp3) is 0.833. The van der Waals surface area contributed by atoms with Gasteiger partial charge in [0.2, 0.25) is 5.89 Å². The first-order chi connectivity index (χ1) is 7.69. The van der Waals surface area contributed by atoms with Crippen molar-refractivity contribution >= 4 is 0 Å². The van der Waals surface area contributed by atoms with Crippen molar-refractivity contribution < 1.29 is 4.52 Å². The number of rotatable bonds is 6. The molecule has 1 aliphatic carbocycles. The van der Waals surface area contributed by atoms with Gasteiger partial charge in [-0.15, -0.1) is 0 Å². The van der Waals surface area contributed by atoms with Crippen LogP contribution in [0, 0.1) is 11.8 Å². The van der Waals surface area contributed by atoms with Crippen molar-refractivity contribution in [3.8, 4) is 0 Å². The summed E-state index contributed by atoms with van der Waals surface area (Å²) in [5.41, 5.74) is 5.76. The van der Waals surface area contributed by atoms with Gasteiger partial charge < -0.3 is 10.3 Å². The summed E-state index contributed by atoms with van der Waals surface area (Å²) in [6.45, 7) is 5.12. The molecule has 0 saturated heterocycles. The Hall–Kier alpha value is -0.900. The molecule has 1 saturated carbocycles. The maximum Gasteiger partial charge on any atom is 0.226 e. The highest BCUT2D eigenvalue weighted by atomic mass is 16.5. The SMILES string of the molecule is CC(C)CC(CN)Cc1nc(C2CC2)no1. The number of hydrogen-bond donors (Lipinski definition) is 1. The highest BCUT2D eigenvalue weighted by Gasteiger charge is 2.29. The average molecular weight is 223 g/mol. The van der Waals surface area contributed by atoms with E-state index in [9.17, 15) is 0 Å². The zero-order valence-corrected chi connectivity index (χ0v) is 10.1. The lowest BCUT2D eigenvalue weighted by Crippen LogP contribution is -2.19. The number of nitrogens with zero attached hydrogens (tertiary/aromatic N) is 2. The third-order valence-electron chi connectivity index (χ3n) is 3.03. The van der Waals surface area contributed by atoms with E-state index in [-0.39, 0.29) is 0 Å². The summed E-state index contributed by atoms with van der Waals surface area (Å²) in [7, 11) is 0. The zero-order valence-electron chi connectivity index (χ0n) is 10.1. The molecule has 1 aromatic heterocycles. The number of aromatic nitrogens is 2. The van der Waals surface area contributed by atoms with Crippen molar-refractivity contribution in [2.24, 2.45) is 17.6 Å². The van der Waals surface area contributed by atoms with Crippen molar-refractivity contribution in [3.63, 3.8) is 0 Å². The van der Waals surface area contributed by atoms with Crippen LogP contribution >= 0.6 is 0 Å². The Bertz CT molecular complexity index is 331. The minimum Gasteiger partial charge on any atom is -0.339 e. The van der Waals surface area contributed by atoms with Crippen molar-refractivity contribution in [2.75, 3.05) is 6.54 Å². The first-order valence-electron chi connectivity index (χ1n) is 6.21. The molecular weight excluding hydrogens is 202 g/mol. The van der Waals surface area contributed by atoms with E-state index >= 15 is 0 Å². The molecule has 0 bridgehead atoms. The normalized spacial score (nSPS) is 18.0. The minimum atomic E-state index is 0.465. The van der Waals surface area contributed by atoms with Crippen LogP contribution in [-0.2, 0) is 6.42 Å². The molecule has 1 heterocycles. The summed E-state index contributed by atoms with van der Waals surface area (Å²) >= 11 is 0. The summed E-state index contributed by atoms with van der Waals surface area (Å²) in [6, 6.07) is 0. The molecule has 16 heavy (non-hydrogen) atoms. The molecule has 0 aromatic carbocycles. The monoisotopic (exact) mass is 223 g/mol. The first-order valence-corrected chi connectivity index (χ1v) is 6.21. The van der Waals surface area contributed by atoms with Crippen LogP contribution in [-0.4, -0.2) is 16.7 Å².